The van der Waals surface area contributed by atoms with Gasteiger partial charge < -0.3 is 23.9 Å². The van der Waals surface area contributed by atoms with Crippen LogP contribution in [0.1, 0.15) is 123 Å². The normalized spacial score (nSPS) is 15.9. The number of hydrogen-bond acceptors (Lipinski definition) is 5. The Morgan fingerprint density at radius 2 is 1.82 bits per heavy atom. The van der Waals surface area contributed by atoms with Crippen molar-refractivity contribution < 1.29 is 24.1 Å². The average molecular weight is 670 g/mol. The Labute approximate surface area is 291 Å². The number of rotatable bonds is 12. The van der Waals surface area contributed by atoms with E-state index < -0.39 is 5.97 Å². The number of aromatic carboxylic acids is 1. The first kappa shape index (κ1) is 35.2. The predicted molar refractivity (Wildman–Crippen MR) is 195 cm³/mol. The number of unbranched alkanes of at least 4 members (excludes halogenated alkanes) is 2. The number of methoxy groups -OCH3 is 1. The highest BCUT2D eigenvalue weighted by atomic mass is 16.5. The molecule has 2 aliphatic carbocycles. The van der Waals surface area contributed by atoms with Crippen molar-refractivity contribution in [1.82, 2.24) is 14.3 Å². The van der Waals surface area contributed by atoms with E-state index in [-0.39, 0.29) is 0 Å². The van der Waals surface area contributed by atoms with E-state index in [1.807, 2.05) is 0 Å². The average Bonchev–Trinajstić information content (AvgIpc) is 3.83. The number of aryl methyl sites for hydroxylation is 3. The molecule has 8 heteroatoms. The molecule has 0 atom stereocenters. The molecule has 0 spiro atoms. The molecular weight excluding hydrogens is 614 g/mol. The first-order valence-corrected chi connectivity index (χ1v) is 18.8. The zero-order valence-corrected chi connectivity index (χ0v) is 29.9. The number of hydrogen-bond donors (Lipinski definition) is 1. The zero-order valence-electron chi connectivity index (χ0n) is 29.9. The molecule has 4 aromatic rings. The Morgan fingerprint density at radius 1 is 1.00 bits per heavy atom. The van der Waals surface area contributed by atoms with E-state index in [1.54, 1.807) is 7.11 Å². The lowest BCUT2D eigenvalue weighted by Crippen LogP contribution is -2.12. The van der Waals surface area contributed by atoms with E-state index in [4.69, 9.17) is 19.3 Å². The van der Waals surface area contributed by atoms with Crippen molar-refractivity contribution in [2.75, 3.05) is 26.9 Å². The van der Waals surface area contributed by atoms with Crippen molar-refractivity contribution in [3.63, 3.8) is 0 Å². The Hall–Kier alpha value is -3.62. The summed E-state index contributed by atoms with van der Waals surface area (Å²) in [5.41, 5.74) is 9.44. The van der Waals surface area contributed by atoms with Gasteiger partial charge in [0.2, 0.25) is 0 Å². The minimum absolute atomic E-state index is 0.408. The third-order valence-electron chi connectivity index (χ3n) is 10.3. The van der Waals surface area contributed by atoms with Gasteiger partial charge in [-0.2, -0.15) is 5.10 Å². The summed E-state index contributed by atoms with van der Waals surface area (Å²) in [5.74, 6) is 0.549. The summed E-state index contributed by atoms with van der Waals surface area (Å²) in [6.07, 6.45) is 14.1. The van der Waals surface area contributed by atoms with Gasteiger partial charge in [-0.15, -0.1) is 0 Å². The topological polar surface area (TPSA) is 87.7 Å². The van der Waals surface area contributed by atoms with Crippen LogP contribution in [0.15, 0.2) is 36.4 Å². The van der Waals surface area contributed by atoms with Crippen LogP contribution in [0.25, 0.3) is 22.0 Å². The van der Waals surface area contributed by atoms with Crippen LogP contribution in [0.5, 0.6) is 5.75 Å². The van der Waals surface area contributed by atoms with E-state index in [2.05, 4.69) is 59.5 Å². The lowest BCUT2D eigenvalue weighted by atomic mass is 9.91. The molecule has 0 amide bonds. The molecule has 0 saturated heterocycles. The van der Waals surface area contributed by atoms with Gasteiger partial charge in [-0.1, -0.05) is 63.4 Å². The highest BCUT2D eigenvalue weighted by molar-refractivity contribution is 6.04. The molecule has 1 saturated carbocycles. The molecule has 8 nitrogen and oxygen atoms in total. The number of para-hydroxylation sites is 1. The van der Waals surface area contributed by atoms with E-state index in [1.165, 1.54) is 43.2 Å². The number of nitrogens with zero attached hydrogens (tertiary/aromatic N) is 3. The summed E-state index contributed by atoms with van der Waals surface area (Å²) < 4.78 is 22.1. The van der Waals surface area contributed by atoms with Gasteiger partial charge in [0.25, 0.3) is 0 Å². The van der Waals surface area contributed by atoms with Gasteiger partial charge >= 0.3 is 5.97 Å². The Morgan fingerprint density at radius 3 is 2.57 bits per heavy atom. The molecular formula is C41H55N3O5. The third-order valence-corrected chi connectivity index (χ3v) is 10.3. The molecule has 7 rings (SSSR count). The maximum Gasteiger partial charge on any atom is 0.352 e. The number of ether oxygens (including phenoxy) is 3. The lowest BCUT2D eigenvalue weighted by molar-refractivity contribution is 0.0683. The summed E-state index contributed by atoms with van der Waals surface area (Å²) in [6, 6.07) is 12.7. The van der Waals surface area contributed by atoms with Gasteiger partial charge in [0.05, 0.1) is 43.3 Å². The van der Waals surface area contributed by atoms with Crippen LogP contribution >= 0.6 is 0 Å². The smallest absolute Gasteiger partial charge is 0.352 e. The molecule has 0 bridgehead atoms. The molecule has 3 aliphatic rings. The van der Waals surface area contributed by atoms with Crippen molar-refractivity contribution in [1.29, 1.82) is 0 Å². The number of carbonyl (C=O) groups is 1. The second kappa shape index (κ2) is 16.9. The van der Waals surface area contributed by atoms with Crippen molar-refractivity contribution in [2.24, 2.45) is 0 Å². The fraction of sp³-hybridized carbons (Fsp3) is 0.561. The van der Waals surface area contributed by atoms with E-state index in [0.29, 0.717) is 57.5 Å². The van der Waals surface area contributed by atoms with Crippen LogP contribution in [0, 0.1) is 0 Å². The standard InChI is InChI=1S/C36H43N3O5.C5H12/c1-42-22-19-39-30-23-43-20-5-4-18-38-34-27(12-7-13-29(34)32(30)33(37-39)25-16-17-25)28(35(38)36(40)41)14-8-21-44-31-15-6-10-24-9-2-3-11-26(24)31;1-3-5-4-2/h6-7,10,12-13,15,25H,2-5,8-9,11,14,16-23H2,1H3,(H,40,41);3-5H2,1-2H3. The van der Waals surface area contributed by atoms with Crippen LogP contribution in [-0.4, -0.2) is 52.4 Å². The van der Waals surface area contributed by atoms with Gasteiger partial charge in [0, 0.05) is 42.7 Å². The fourth-order valence-electron chi connectivity index (χ4n) is 7.67. The summed E-state index contributed by atoms with van der Waals surface area (Å²) in [4.78, 5) is 13.0. The molecule has 2 aromatic heterocycles. The molecule has 49 heavy (non-hydrogen) atoms. The summed E-state index contributed by atoms with van der Waals surface area (Å²) in [5, 5.41) is 16.8. The second-order valence-corrected chi connectivity index (χ2v) is 13.8. The Balaban J connectivity index is 0.000000778. The molecule has 0 unspecified atom stereocenters. The summed E-state index contributed by atoms with van der Waals surface area (Å²) >= 11 is 0. The number of carboxylic acids is 1. The van der Waals surface area contributed by atoms with E-state index >= 15 is 0 Å². The second-order valence-electron chi connectivity index (χ2n) is 13.8. The largest absolute Gasteiger partial charge is 0.493 e. The van der Waals surface area contributed by atoms with E-state index in [9.17, 15) is 9.90 Å². The molecule has 264 valence electrons. The number of benzene rings is 2. The Kier molecular flexibility index (Phi) is 12.1. The molecule has 3 heterocycles. The molecule has 1 aliphatic heterocycles. The Bertz CT molecular complexity index is 1710. The first-order valence-electron chi connectivity index (χ1n) is 18.8. The molecule has 1 N–H and O–H groups in total. The minimum atomic E-state index is -0.871. The predicted octanol–water partition coefficient (Wildman–Crippen LogP) is 9.12. The van der Waals surface area contributed by atoms with Crippen molar-refractivity contribution in [2.45, 2.75) is 123 Å². The van der Waals surface area contributed by atoms with Crippen LogP contribution in [0.2, 0.25) is 0 Å². The highest BCUT2D eigenvalue weighted by Crippen LogP contribution is 2.47. The first-order chi connectivity index (χ1) is 24.1. The molecule has 0 radical (unpaired) electrons. The molecule has 1 fully saturated rings. The van der Waals surface area contributed by atoms with Gasteiger partial charge in [0.1, 0.15) is 11.4 Å². The quantitative estimate of drug-likeness (QED) is 0.151. The van der Waals surface area contributed by atoms with E-state index in [0.717, 1.165) is 89.7 Å². The maximum absolute atomic E-state index is 13.0. The maximum atomic E-state index is 13.0. The van der Waals surface area contributed by atoms with Gasteiger partial charge in [-0.25, -0.2) is 4.79 Å². The van der Waals surface area contributed by atoms with Crippen LogP contribution in [0.4, 0.5) is 0 Å². The monoisotopic (exact) mass is 669 g/mol. The summed E-state index contributed by atoms with van der Waals surface area (Å²) in [7, 11) is 1.71. The number of carboxylic acid groups (broad SMARTS) is 1. The van der Waals surface area contributed by atoms with Gasteiger partial charge in [-0.05, 0) is 87.0 Å². The van der Waals surface area contributed by atoms with Gasteiger partial charge in [-0.3, -0.25) is 4.68 Å². The number of fused-ring (bicyclic) bond motifs is 3. The fourth-order valence-corrected chi connectivity index (χ4v) is 7.67. The SMILES string of the molecule is CCCCC.COCCn1nc(C2CC2)c2c1COCCCCn1c(C(=O)O)c(CCCOc3cccc4c3CCCC4)c3cccc-2c31. The van der Waals surface area contributed by atoms with Crippen molar-refractivity contribution >= 4 is 16.9 Å². The van der Waals surface area contributed by atoms with Crippen molar-refractivity contribution in [3.05, 3.63) is 70.2 Å². The molecule has 2 aromatic carbocycles. The minimum Gasteiger partial charge on any atom is -0.493 e. The van der Waals surface area contributed by atoms with Crippen molar-refractivity contribution in [3.8, 4) is 16.9 Å². The van der Waals surface area contributed by atoms with Crippen LogP contribution in [-0.2, 0) is 48.4 Å². The lowest BCUT2D eigenvalue weighted by Gasteiger charge is -2.19. The summed E-state index contributed by atoms with van der Waals surface area (Å²) in [6.45, 7) is 7.95. The van der Waals surface area contributed by atoms with Crippen LogP contribution in [0.3, 0.4) is 0 Å². The van der Waals surface area contributed by atoms with Gasteiger partial charge in [0.15, 0.2) is 0 Å². The highest BCUT2D eigenvalue weighted by Gasteiger charge is 2.34. The zero-order chi connectivity index (χ0) is 34.2. The van der Waals surface area contributed by atoms with Crippen LogP contribution < -0.4 is 4.74 Å². The number of aromatic nitrogens is 3. The third kappa shape index (κ3) is 7.91.